The summed E-state index contributed by atoms with van der Waals surface area (Å²) in [4.78, 5) is 13.7. The van der Waals surface area contributed by atoms with Gasteiger partial charge >= 0.3 is 0 Å². The summed E-state index contributed by atoms with van der Waals surface area (Å²) in [5, 5.41) is 0. The molecule has 1 aromatic rings. The number of hydrogen-bond donors (Lipinski definition) is 2. The predicted molar refractivity (Wildman–Crippen MR) is 65.8 cm³/mol. The fourth-order valence-electron chi connectivity index (χ4n) is 1.66. The third-order valence-electron chi connectivity index (χ3n) is 2.71. The smallest absolute Gasteiger partial charge is 0.254 e. The third-order valence-corrected chi connectivity index (χ3v) is 2.97. The number of likely N-dealkylation sites (tertiary alicyclic amines) is 1. The lowest BCUT2D eigenvalue weighted by Gasteiger charge is -2.38. The number of thiol groups is 1. The maximum absolute atomic E-state index is 12.0. The molecule has 0 bridgehead atoms. The van der Waals surface area contributed by atoms with Crippen LogP contribution >= 0.6 is 12.8 Å². The van der Waals surface area contributed by atoms with E-state index in [1.807, 2.05) is 12.1 Å². The van der Waals surface area contributed by atoms with Crippen molar-refractivity contribution in [2.45, 2.75) is 6.10 Å². The second-order valence-electron chi connectivity index (χ2n) is 3.76. The Morgan fingerprint density at radius 1 is 1.56 bits per heavy atom. The molecule has 0 unspecified atom stereocenters. The van der Waals surface area contributed by atoms with Gasteiger partial charge in [-0.1, -0.05) is 18.9 Å². The first-order valence-corrected chi connectivity index (χ1v) is 5.51. The van der Waals surface area contributed by atoms with Crippen molar-refractivity contribution in [2.75, 3.05) is 24.9 Å². The normalized spacial score (nSPS) is 15.8. The minimum absolute atomic E-state index is 0.0405. The summed E-state index contributed by atoms with van der Waals surface area (Å²) < 4.78 is 7.84. The van der Waals surface area contributed by atoms with Crippen molar-refractivity contribution in [2.24, 2.45) is 0 Å². The molecule has 16 heavy (non-hydrogen) atoms. The lowest BCUT2D eigenvalue weighted by Crippen LogP contribution is -2.54. The first kappa shape index (κ1) is 11.3. The highest BCUT2D eigenvalue weighted by atomic mass is 32.1. The summed E-state index contributed by atoms with van der Waals surface area (Å²) in [5.41, 5.74) is 1.49. The number of methoxy groups -OCH3 is 1. The van der Waals surface area contributed by atoms with Crippen LogP contribution in [-0.4, -0.2) is 37.1 Å². The SMILES string of the molecule is COC1CN(C(=O)c2cccc(NS)c2)C1. The number of amides is 1. The maximum Gasteiger partial charge on any atom is 0.254 e. The number of ether oxygens (including phenoxy) is 1. The summed E-state index contributed by atoms with van der Waals surface area (Å²) in [7, 11) is 1.66. The molecule has 1 amide bonds. The molecule has 0 aliphatic carbocycles. The minimum atomic E-state index is 0.0405. The molecule has 1 aromatic carbocycles. The topological polar surface area (TPSA) is 41.6 Å². The zero-order valence-corrected chi connectivity index (χ0v) is 9.91. The van der Waals surface area contributed by atoms with Crippen LogP contribution in [0.25, 0.3) is 0 Å². The Balaban J connectivity index is 2.04. The van der Waals surface area contributed by atoms with Gasteiger partial charge in [-0.3, -0.25) is 4.79 Å². The number of benzene rings is 1. The zero-order valence-electron chi connectivity index (χ0n) is 9.01. The van der Waals surface area contributed by atoms with Gasteiger partial charge in [0.1, 0.15) is 0 Å². The van der Waals surface area contributed by atoms with E-state index in [4.69, 9.17) is 4.74 Å². The molecule has 1 aliphatic rings. The molecule has 86 valence electrons. The number of carbonyl (C=O) groups is 1. The zero-order chi connectivity index (χ0) is 11.5. The molecule has 0 saturated carbocycles. The van der Waals surface area contributed by atoms with Crippen LogP contribution < -0.4 is 4.72 Å². The molecule has 4 nitrogen and oxygen atoms in total. The summed E-state index contributed by atoms with van der Waals surface area (Å²) in [6.45, 7) is 1.35. The van der Waals surface area contributed by atoms with Gasteiger partial charge in [0.2, 0.25) is 0 Å². The Morgan fingerprint density at radius 3 is 2.94 bits per heavy atom. The monoisotopic (exact) mass is 238 g/mol. The van der Waals surface area contributed by atoms with Crippen molar-refractivity contribution in [3.63, 3.8) is 0 Å². The average molecular weight is 238 g/mol. The van der Waals surface area contributed by atoms with Crippen LogP contribution in [0.4, 0.5) is 5.69 Å². The number of anilines is 1. The first-order valence-electron chi connectivity index (χ1n) is 5.07. The Labute approximate surface area is 100 Å². The van der Waals surface area contributed by atoms with E-state index in [9.17, 15) is 4.79 Å². The van der Waals surface area contributed by atoms with Crippen molar-refractivity contribution >= 4 is 24.4 Å². The highest BCUT2D eigenvalue weighted by Crippen LogP contribution is 2.18. The molecule has 1 N–H and O–H groups in total. The van der Waals surface area contributed by atoms with Gasteiger partial charge < -0.3 is 14.4 Å². The van der Waals surface area contributed by atoms with Gasteiger partial charge in [-0.15, -0.1) is 0 Å². The van der Waals surface area contributed by atoms with Crippen LogP contribution in [-0.2, 0) is 4.74 Å². The highest BCUT2D eigenvalue weighted by molar-refractivity contribution is 7.81. The molecule has 2 rings (SSSR count). The highest BCUT2D eigenvalue weighted by Gasteiger charge is 2.30. The Morgan fingerprint density at radius 2 is 2.31 bits per heavy atom. The number of nitrogens with zero attached hydrogens (tertiary/aromatic N) is 1. The summed E-state index contributed by atoms with van der Waals surface area (Å²) in [5.74, 6) is 0.0405. The molecule has 0 radical (unpaired) electrons. The molecule has 1 saturated heterocycles. The van der Waals surface area contributed by atoms with Gasteiger partial charge in [0.05, 0.1) is 6.10 Å². The van der Waals surface area contributed by atoms with E-state index in [0.717, 1.165) is 5.69 Å². The maximum atomic E-state index is 12.0. The standard InChI is InChI=1S/C11H14N2O2S/c1-15-10-6-13(7-10)11(14)8-3-2-4-9(5-8)12-16/h2-5,10,12,16H,6-7H2,1H3. The molecular weight excluding hydrogens is 224 g/mol. The fraction of sp³-hybridized carbons (Fsp3) is 0.364. The van der Waals surface area contributed by atoms with Gasteiger partial charge in [0.15, 0.2) is 0 Å². The Bertz CT molecular complexity index is 391. The van der Waals surface area contributed by atoms with Gasteiger partial charge in [0.25, 0.3) is 5.91 Å². The van der Waals surface area contributed by atoms with Crippen molar-refractivity contribution in [3.05, 3.63) is 29.8 Å². The predicted octanol–water partition coefficient (Wildman–Crippen LogP) is 1.41. The third kappa shape index (κ3) is 2.15. The van der Waals surface area contributed by atoms with Crippen LogP contribution in [0.5, 0.6) is 0 Å². The molecule has 1 aliphatic heterocycles. The summed E-state index contributed by atoms with van der Waals surface area (Å²) >= 11 is 3.95. The van der Waals surface area contributed by atoms with Crippen LogP contribution in [0, 0.1) is 0 Å². The second kappa shape index (κ2) is 4.76. The average Bonchev–Trinajstić information content (AvgIpc) is 2.27. The van der Waals surface area contributed by atoms with E-state index in [1.165, 1.54) is 0 Å². The van der Waals surface area contributed by atoms with Crippen molar-refractivity contribution < 1.29 is 9.53 Å². The minimum Gasteiger partial charge on any atom is -0.378 e. The molecule has 5 heteroatoms. The molecule has 0 aromatic heterocycles. The van der Waals surface area contributed by atoms with Crippen LogP contribution in [0.15, 0.2) is 24.3 Å². The number of hydrogen-bond acceptors (Lipinski definition) is 4. The Hall–Kier alpha value is -1.20. The molecular formula is C11H14N2O2S. The van der Waals surface area contributed by atoms with Crippen LogP contribution in [0.3, 0.4) is 0 Å². The van der Waals surface area contributed by atoms with Gasteiger partial charge in [-0.2, -0.15) is 0 Å². The van der Waals surface area contributed by atoms with Crippen molar-refractivity contribution in [3.8, 4) is 0 Å². The van der Waals surface area contributed by atoms with Crippen molar-refractivity contribution in [1.82, 2.24) is 4.90 Å². The second-order valence-corrected chi connectivity index (χ2v) is 3.98. The number of nitrogens with one attached hydrogen (secondary N) is 1. The lowest BCUT2D eigenvalue weighted by atomic mass is 10.1. The number of carbonyl (C=O) groups excluding carboxylic acids is 1. The Kier molecular flexibility index (Phi) is 3.36. The van der Waals surface area contributed by atoms with Crippen molar-refractivity contribution in [1.29, 1.82) is 0 Å². The molecule has 0 spiro atoms. The molecule has 1 heterocycles. The van der Waals surface area contributed by atoms with Crippen LogP contribution in [0.2, 0.25) is 0 Å². The largest absolute Gasteiger partial charge is 0.378 e. The van der Waals surface area contributed by atoms with Gasteiger partial charge in [-0.05, 0) is 18.2 Å². The quantitative estimate of drug-likeness (QED) is 0.782. The van der Waals surface area contributed by atoms with E-state index < -0.39 is 0 Å². The lowest BCUT2D eigenvalue weighted by molar-refractivity contribution is -0.0191. The van der Waals surface area contributed by atoms with Crippen LogP contribution in [0.1, 0.15) is 10.4 Å². The van der Waals surface area contributed by atoms with E-state index in [1.54, 1.807) is 24.1 Å². The number of rotatable bonds is 3. The molecule has 1 fully saturated rings. The van der Waals surface area contributed by atoms with Gasteiger partial charge in [-0.25, -0.2) is 0 Å². The van der Waals surface area contributed by atoms with E-state index in [-0.39, 0.29) is 12.0 Å². The fourth-order valence-corrected chi connectivity index (χ4v) is 1.80. The summed E-state index contributed by atoms with van der Waals surface area (Å²) in [6, 6.07) is 7.28. The van der Waals surface area contributed by atoms with E-state index >= 15 is 0 Å². The van der Waals surface area contributed by atoms with E-state index in [0.29, 0.717) is 18.7 Å². The first-order chi connectivity index (χ1) is 7.74. The van der Waals surface area contributed by atoms with E-state index in [2.05, 4.69) is 17.5 Å². The molecule has 0 atom stereocenters. The summed E-state index contributed by atoms with van der Waals surface area (Å²) in [6.07, 6.45) is 0.190. The van der Waals surface area contributed by atoms with Gasteiger partial charge in [0, 0.05) is 31.5 Å².